The molecule has 2 N–H and O–H groups in total. The molecule has 0 aliphatic carbocycles. The molecule has 1 unspecified atom stereocenters. The van der Waals surface area contributed by atoms with Crippen molar-refractivity contribution in [3.8, 4) is 0 Å². The summed E-state index contributed by atoms with van der Waals surface area (Å²) in [4.78, 5) is 6.45. The van der Waals surface area contributed by atoms with Gasteiger partial charge in [0.15, 0.2) is 0 Å². The lowest BCUT2D eigenvalue weighted by Crippen LogP contribution is -2.44. The predicted molar refractivity (Wildman–Crippen MR) is 121 cm³/mol. The first-order chi connectivity index (χ1) is 15.1. The number of halogens is 1. The Morgan fingerprint density at radius 1 is 1.03 bits per heavy atom. The second-order valence-corrected chi connectivity index (χ2v) is 11.4. The zero-order chi connectivity index (χ0) is 23.4. The van der Waals surface area contributed by atoms with Gasteiger partial charge in [-0.3, -0.25) is 0 Å². The number of nitrogens with one attached hydrogen (secondary N) is 2. The van der Waals surface area contributed by atoms with Gasteiger partial charge < -0.3 is 4.90 Å². The number of sulfonamides is 2. The van der Waals surface area contributed by atoms with Gasteiger partial charge in [0.25, 0.3) is 0 Å². The largest absolute Gasteiger partial charge is 0.357 e. The van der Waals surface area contributed by atoms with Crippen LogP contribution >= 0.6 is 0 Å². The van der Waals surface area contributed by atoms with E-state index in [1.54, 1.807) is 6.07 Å². The average molecular weight is 485 g/mol. The van der Waals surface area contributed by atoms with Gasteiger partial charge in [-0.15, -0.1) is 0 Å². The van der Waals surface area contributed by atoms with Crippen molar-refractivity contribution in [3.63, 3.8) is 0 Å². The highest BCUT2D eigenvalue weighted by Crippen LogP contribution is 2.21. The molecule has 0 amide bonds. The summed E-state index contributed by atoms with van der Waals surface area (Å²) in [5.41, 5.74) is 0. The van der Waals surface area contributed by atoms with Crippen LogP contribution in [0.4, 0.5) is 10.2 Å². The summed E-state index contributed by atoms with van der Waals surface area (Å²) in [5, 5.41) is 0. The fourth-order valence-electron chi connectivity index (χ4n) is 3.67. The Morgan fingerprint density at radius 2 is 1.66 bits per heavy atom. The molecule has 1 aromatic heterocycles. The summed E-state index contributed by atoms with van der Waals surface area (Å²) < 4.78 is 68.3. The minimum absolute atomic E-state index is 0.0293. The lowest BCUT2D eigenvalue weighted by Gasteiger charge is -2.33. The first-order valence-electron chi connectivity index (χ1n) is 10.6. The smallest absolute Gasteiger partial charge is 0.242 e. The molecule has 2 aromatic rings. The Balaban J connectivity index is 1.57. The molecule has 1 fully saturated rings. The molecule has 2 heterocycles. The first-order valence-corrected chi connectivity index (χ1v) is 13.6. The van der Waals surface area contributed by atoms with Crippen LogP contribution in [0.1, 0.15) is 39.5 Å². The van der Waals surface area contributed by atoms with E-state index in [0.717, 1.165) is 25.0 Å². The van der Waals surface area contributed by atoms with Crippen molar-refractivity contribution in [1.82, 2.24) is 14.4 Å². The number of piperidine rings is 1. The molecule has 1 aliphatic heterocycles. The van der Waals surface area contributed by atoms with Crippen molar-refractivity contribution >= 4 is 25.9 Å². The second-order valence-electron chi connectivity index (χ2n) is 8.00. The Kier molecular flexibility index (Phi) is 7.86. The molecule has 0 bridgehead atoms. The Labute approximate surface area is 189 Å². The molecule has 0 saturated carbocycles. The van der Waals surface area contributed by atoms with Crippen LogP contribution in [0.3, 0.4) is 0 Å². The lowest BCUT2D eigenvalue weighted by atomic mass is 10.1. The fraction of sp³-hybridized carbons (Fsp3) is 0.476. The van der Waals surface area contributed by atoms with E-state index < -0.39 is 25.9 Å². The third-order valence-electron chi connectivity index (χ3n) is 5.37. The van der Waals surface area contributed by atoms with E-state index in [9.17, 15) is 21.2 Å². The molecule has 1 atom stereocenters. The molecule has 0 spiro atoms. The van der Waals surface area contributed by atoms with E-state index in [0.29, 0.717) is 31.7 Å². The van der Waals surface area contributed by atoms with E-state index >= 15 is 0 Å². The van der Waals surface area contributed by atoms with Crippen LogP contribution in [0.15, 0.2) is 52.4 Å². The standard InChI is InChI=1S/C21H29FN4O4S2/c1-3-4-16(2)24-32(29,30)20-9-10-21(23-15-20)26-13-11-18(12-14-26)25-31(27,28)19-7-5-17(22)6-8-19/h5-10,15-16,18,24-25H,3-4,11-14H2,1-2H3. The number of benzene rings is 1. The lowest BCUT2D eigenvalue weighted by molar-refractivity contribution is 0.458. The van der Waals surface area contributed by atoms with Crippen molar-refractivity contribution in [1.29, 1.82) is 0 Å². The van der Waals surface area contributed by atoms with Crippen molar-refractivity contribution < 1.29 is 21.2 Å². The number of pyridine rings is 1. The summed E-state index contributed by atoms with van der Waals surface area (Å²) in [5.74, 6) is 0.153. The Morgan fingerprint density at radius 3 is 2.22 bits per heavy atom. The Bertz CT molecular complexity index is 1100. The van der Waals surface area contributed by atoms with Gasteiger partial charge in [0.05, 0.1) is 4.90 Å². The predicted octanol–water partition coefficient (Wildman–Crippen LogP) is 2.63. The highest BCUT2D eigenvalue weighted by Gasteiger charge is 2.26. The highest BCUT2D eigenvalue weighted by atomic mass is 32.2. The molecule has 1 aromatic carbocycles. The van der Waals surface area contributed by atoms with Crippen LogP contribution in [0.5, 0.6) is 0 Å². The van der Waals surface area contributed by atoms with Gasteiger partial charge >= 0.3 is 0 Å². The fourth-order valence-corrected chi connectivity index (χ4v) is 6.20. The number of aromatic nitrogens is 1. The molecule has 0 radical (unpaired) electrons. The molecule has 1 saturated heterocycles. The van der Waals surface area contributed by atoms with Gasteiger partial charge in [-0.05, 0) is 62.6 Å². The maximum absolute atomic E-state index is 13.1. The maximum Gasteiger partial charge on any atom is 0.242 e. The van der Waals surface area contributed by atoms with E-state index in [2.05, 4.69) is 14.4 Å². The van der Waals surface area contributed by atoms with Crippen LogP contribution in [0.25, 0.3) is 0 Å². The molecular formula is C21H29FN4O4S2. The maximum atomic E-state index is 13.1. The molecule has 1 aliphatic rings. The number of rotatable bonds is 9. The van der Waals surface area contributed by atoms with Gasteiger partial charge in [0, 0.05) is 31.4 Å². The summed E-state index contributed by atoms with van der Waals surface area (Å²) in [7, 11) is -7.34. The van der Waals surface area contributed by atoms with Gasteiger partial charge in [-0.2, -0.15) is 0 Å². The van der Waals surface area contributed by atoms with Crippen LogP contribution in [-0.2, 0) is 20.0 Å². The topological polar surface area (TPSA) is 108 Å². The molecule has 11 heteroatoms. The summed E-state index contributed by atoms with van der Waals surface area (Å²) >= 11 is 0. The SMILES string of the molecule is CCCC(C)NS(=O)(=O)c1ccc(N2CCC(NS(=O)(=O)c3ccc(F)cc3)CC2)nc1. The number of hydrogen-bond donors (Lipinski definition) is 2. The molecule has 176 valence electrons. The van der Waals surface area contributed by atoms with Crippen molar-refractivity contribution in [2.45, 2.75) is 61.4 Å². The summed E-state index contributed by atoms with van der Waals surface area (Å²) in [6.45, 7) is 4.97. The normalized spacial score (nSPS) is 16.8. The van der Waals surface area contributed by atoms with E-state index in [1.165, 1.54) is 24.4 Å². The second kappa shape index (κ2) is 10.2. The van der Waals surface area contributed by atoms with Crippen LogP contribution in [0, 0.1) is 5.82 Å². The monoisotopic (exact) mass is 484 g/mol. The number of anilines is 1. The van der Waals surface area contributed by atoms with Crippen molar-refractivity contribution in [2.24, 2.45) is 0 Å². The first kappa shape index (κ1) is 24.6. The molecular weight excluding hydrogens is 455 g/mol. The number of hydrogen-bond acceptors (Lipinski definition) is 6. The van der Waals surface area contributed by atoms with Crippen molar-refractivity contribution in [3.05, 3.63) is 48.4 Å². The van der Waals surface area contributed by atoms with Gasteiger partial charge in [0.2, 0.25) is 20.0 Å². The highest BCUT2D eigenvalue weighted by molar-refractivity contribution is 7.89. The van der Waals surface area contributed by atoms with E-state index in [4.69, 9.17) is 0 Å². The zero-order valence-corrected chi connectivity index (χ0v) is 19.8. The Hall–Kier alpha value is -2.08. The minimum Gasteiger partial charge on any atom is -0.357 e. The third-order valence-corrected chi connectivity index (χ3v) is 8.48. The van der Waals surface area contributed by atoms with Gasteiger partial charge in [-0.1, -0.05) is 13.3 Å². The zero-order valence-electron chi connectivity index (χ0n) is 18.2. The average Bonchev–Trinajstić information content (AvgIpc) is 2.74. The number of nitrogens with zero attached hydrogens (tertiary/aromatic N) is 2. The van der Waals surface area contributed by atoms with Crippen LogP contribution in [-0.4, -0.2) is 47.0 Å². The van der Waals surface area contributed by atoms with Crippen molar-refractivity contribution in [2.75, 3.05) is 18.0 Å². The molecule has 32 heavy (non-hydrogen) atoms. The van der Waals surface area contributed by atoms with Gasteiger partial charge in [0.1, 0.15) is 16.5 Å². The van der Waals surface area contributed by atoms with Crippen LogP contribution in [0.2, 0.25) is 0 Å². The summed E-state index contributed by atoms with van der Waals surface area (Å²) in [6.07, 6.45) is 4.12. The van der Waals surface area contributed by atoms with E-state index in [1.807, 2.05) is 18.7 Å². The quantitative estimate of drug-likeness (QED) is 0.567. The summed E-state index contributed by atoms with van der Waals surface area (Å²) in [6, 6.07) is 7.52. The minimum atomic E-state index is -3.72. The van der Waals surface area contributed by atoms with E-state index in [-0.39, 0.29) is 21.9 Å². The van der Waals surface area contributed by atoms with Crippen LogP contribution < -0.4 is 14.3 Å². The molecule has 3 rings (SSSR count). The van der Waals surface area contributed by atoms with Gasteiger partial charge in [-0.25, -0.2) is 35.7 Å². The third kappa shape index (κ3) is 6.25. The molecule has 8 nitrogen and oxygen atoms in total.